The molecule has 2 aliphatic rings. The Kier molecular flexibility index (Phi) is 3.15. The minimum atomic E-state index is -0.656. The number of hydrogen-bond acceptors (Lipinski definition) is 2. The van der Waals surface area contributed by atoms with Gasteiger partial charge >= 0.3 is 0 Å². The van der Waals surface area contributed by atoms with Gasteiger partial charge < -0.3 is 10.2 Å². The van der Waals surface area contributed by atoms with Gasteiger partial charge in [0.2, 0.25) is 11.8 Å². The van der Waals surface area contributed by atoms with E-state index >= 15 is 0 Å². The summed E-state index contributed by atoms with van der Waals surface area (Å²) in [5.74, 6) is 0.461. The van der Waals surface area contributed by atoms with Gasteiger partial charge in [0.15, 0.2) is 0 Å². The fourth-order valence-corrected chi connectivity index (χ4v) is 2.61. The topological polar surface area (TPSA) is 49.4 Å². The van der Waals surface area contributed by atoms with Crippen molar-refractivity contribution in [1.82, 2.24) is 10.2 Å². The van der Waals surface area contributed by atoms with E-state index in [-0.39, 0.29) is 17.9 Å². The number of amides is 2. The molecule has 2 atom stereocenters. The summed E-state index contributed by atoms with van der Waals surface area (Å²) < 4.78 is 0. The van der Waals surface area contributed by atoms with Crippen molar-refractivity contribution in [3.05, 3.63) is 0 Å². The van der Waals surface area contributed by atoms with Gasteiger partial charge in [0.05, 0.1) is 0 Å². The molecule has 1 heterocycles. The monoisotopic (exact) mass is 238 g/mol. The van der Waals surface area contributed by atoms with Gasteiger partial charge in [-0.25, -0.2) is 0 Å². The molecule has 0 aromatic rings. The first-order valence-electron chi connectivity index (χ1n) is 6.61. The highest BCUT2D eigenvalue weighted by atomic mass is 16.2. The van der Waals surface area contributed by atoms with E-state index in [0.717, 1.165) is 19.3 Å². The van der Waals surface area contributed by atoms with Crippen LogP contribution in [0.5, 0.6) is 0 Å². The zero-order chi connectivity index (χ0) is 12.6. The van der Waals surface area contributed by atoms with Crippen molar-refractivity contribution in [1.29, 1.82) is 0 Å². The van der Waals surface area contributed by atoms with Crippen LogP contribution < -0.4 is 5.32 Å². The Morgan fingerprint density at radius 3 is 2.65 bits per heavy atom. The number of rotatable bonds is 3. The molecular formula is C13H22N2O2. The molecule has 0 aromatic carbocycles. The predicted octanol–water partition coefficient (Wildman–Crippen LogP) is 1.30. The second-order valence-corrected chi connectivity index (χ2v) is 5.53. The van der Waals surface area contributed by atoms with Crippen molar-refractivity contribution < 1.29 is 9.59 Å². The summed E-state index contributed by atoms with van der Waals surface area (Å²) in [5, 5.41) is 2.95. The lowest BCUT2D eigenvalue weighted by atomic mass is 9.93. The van der Waals surface area contributed by atoms with Crippen LogP contribution in [0.15, 0.2) is 0 Å². The zero-order valence-electron chi connectivity index (χ0n) is 11.0. The molecule has 2 amide bonds. The minimum absolute atomic E-state index is 0.0125. The minimum Gasteiger partial charge on any atom is -0.342 e. The highest BCUT2D eigenvalue weighted by Gasteiger charge is 2.51. The van der Waals surface area contributed by atoms with Crippen LogP contribution in [-0.2, 0) is 9.59 Å². The summed E-state index contributed by atoms with van der Waals surface area (Å²) in [6, 6.07) is 0.216. The number of carbonyl (C=O) groups excluding carboxylic acids is 2. The van der Waals surface area contributed by atoms with Crippen molar-refractivity contribution in [2.75, 3.05) is 6.54 Å². The van der Waals surface area contributed by atoms with Crippen LogP contribution in [0.3, 0.4) is 0 Å². The third-order valence-corrected chi connectivity index (χ3v) is 4.20. The molecule has 2 rings (SSSR count). The number of nitrogens with one attached hydrogen (secondary N) is 1. The molecule has 17 heavy (non-hydrogen) atoms. The van der Waals surface area contributed by atoms with E-state index in [4.69, 9.17) is 0 Å². The van der Waals surface area contributed by atoms with E-state index < -0.39 is 5.54 Å². The molecule has 0 spiro atoms. The first kappa shape index (κ1) is 12.4. The van der Waals surface area contributed by atoms with E-state index in [1.165, 1.54) is 0 Å². The second kappa shape index (κ2) is 4.31. The van der Waals surface area contributed by atoms with Gasteiger partial charge in [0.1, 0.15) is 5.54 Å². The molecule has 1 aliphatic carbocycles. The van der Waals surface area contributed by atoms with Crippen molar-refractivity contribution in [2.24, 2.45) is 5.92 Å². The lowest BCUT2D eigenvalue weighted by molar-refractivity contribution is -0.140. The van der Waals surface area contributed by atoms with Gasteiger partial charge in [-0.05, 0) is 39.0 Å². The molecule has 2 fully saturated rings. The van der Waals surface area contributed by atoms with Gasteiger partial charge in [0.25, 0.3) is 0 Å². The first-order valence-corrected chi connectivity index (χ1v) is 6.61. The maximum Gasteiger partial charge on any atom is 0.248 e. The van der Waals surface area contributed by atoms with Crippen LogP contribution in [-0.4, -0.2) is 34.8 Å². The number of carbonyl (C=O) groups is 2. The Hall–Kier alpha value is -1.06. The predicted molar refractivity (Wildman–Crippen MR) is 65.4 cm³/mol. The molecule has 4 heteroatoms. The third kappa shape index (κ3) is 2.17. The van der Waals surface area contributed by atoms with Crippen LogP contribution in [0.25, 0.3) is 0 Å². The van der Waals surface area contributed by atoms with Crippen molar-refractivity contribution in [3.8, 4) is 0 Å². The van der Waals surface area contributed by atoms with E-state index in [1.54, 1.807) is 0 Å². The average Bonchev–Trinajstić information content (AvgIpc) is 3.11. The largest absolute Gasteiger partial charge is 0.342 e. The molecule has 0 radical (unpaired) electrons. The smallest absolute Gasteiger partial charge is 0.248 e. The second-order valence-electron chi connectivity index (χ2n) is 5.53. The quantitative estimate of drug-likeness (QED) is 0.805. The molecule has 0 aromatic heterocycles. The van der Waals surface area contributed by atoms with Gasteiger partial charge in [-0.1, -0.05) is 6.92 Å². The maximum absolute atomic E-state index is 12.6. The number of nitrogens with zero attached hydrogens (tertiary/aromatic N) is 1. The Morgan fingerprint density at radius 1 is 1.47 bits per heavy atom. The summed E-state index contributed by atoms with van der Waals surface area (Å²) in [6.45, 7) is 6.58. The van der Waals surface area contributed by atoms with Crippen LogP contribution in [0, 0.1) is 5.92 Å². The number of hydrogen-bond donors (Lipinski definition) is 1. The van der Waals surface area contributed by atoms with E-state index in [9.17, 15) is 9.59 Å². The Bertz CT molecular complexity index is 338. The normalized spacial score (nSPS) is 32.1. The Labute approximate surface area is 103 Å². The standard InChI is InChI=1S/C13H22N2O2/c1-4-9(2)15-8-7-11(16)14-13(3,12(15)17)10-5-6-10/h9-10H,4-8H2,1-3H3,(H,14,16). The zero-order valence-corrected chi connectivity index (χ0v) is 11.0. The Balaban J connectivity index is 2.25. The van der Waals surface area contributed by atoms with Crippen LogP contribution in [0.1, 0.15) is 46.5 Å². The van der Waals surface area contributed by atoms with E-state index in [2.05, 4.69) is 19.2 Å². The fourth-order valence-electron chi connectivity index (χ4n) is 2.61. The fraction of sp³-hybridized carbons (Fsp3) is 0.846. The molecule has 96 valence electrons. The van der Waals surface area contributed by atoms with Crippen molar-refractivity contribution in [3.63, 3.8) is 0 Å². The van der Waals surface area contributed by atoms with Crippen molar-refractivity contribution in [2.45, 2.75) is 58.0 Å². The average molecular weight is 238 g/mol. The summed E-state index contributed by atoms with van der Waals surface area (Å²) in [6.07, 6.45) is 3.47. The van der Waals surface area contributed by atoms with E-state index in [1.807, 2.05) is 11.8 Å². The molecule has 2 unspecified atom stereocenters. The SMILES string of the molecule is CCC(C)N1CCC(=O)NC(C)(C2CC2)C1=O. The maximum atomic E-state index is 12.6. The first-order chi connectivity index (χ1) is 7.99. The van der Waals surface area contributed by atoms with Crippen LogP contribution in [0.4, 0.5) is 0 Å². The lowest BCUT2D eigenvalue weighted by Gasteiger charge is -2.35. The summed E-state index contributed by atoms with van der Waals surface area (Å²) in [5.41, 5.74) is -0.656. The summed E-state index contributed by atoms with van der Waals surface area (Å²) in [7, 11) is 0. The van der Waals surface area contributed by atoms with Crippen LogP contribution >= 0.6 is 0 Å². The van der Waals surface area contributed by atoms with E-state index in [0.29, 0.717) is 18.9 Å². The summed E-state index contributed by atoms with van der Waals surface area (Å²) >= 11 is 0. The van der Waals surface area contributed by atoms with Crippen LogP contribution in [0.2, 0.25) is 0 Å². The van der Waals surface area contributed by atoms with Crippen molar-refractivity contribution >= 4 is 11.8 Å². The third-order valence-electron chi connectivity index (χ3n) is 4.20. The van der Waals surface area contributed by atoms with Gasteiger partial charge in [-0.15, -0.1) is 0 Å². The molecule has 1 saturated heterocycles. The molecule has 4 nitrogen and oxygen atoms in total. The Morgan fingerprint density at radius 2 is 2.12 bits per heavy atom. The molecule has 1 N–H and O–H groups in total. The lowest BCUT2D eigenvalue weighted by Crippen LogP contribution is -2.58. The highest BCUT2D eigenvalue weighted by molar-refractivity contribution is 5.94. The molecule has 1 aliphatic heterocycles. The molecule has 0 bridgehead atoms. The van der Waals surface area contributed by atoms with Gasteiger partial charge in [0, 0.05) is 19.0 Å². The van der Waals surface area contributed by atoms with Gasteiger partial charge in [-0.3, -0.25) is 9.59 Å². The molecule has 1 saturated carbocycles. The highest BCUT2D eigenvalue weighted by Crippen LogP contribution is 2.41. The van der Waals surface area contributed by atoms with Gasteiger partial charge in [-0.2, -0.15) is 0 Å². The molecular weight excluding hydrogens is 216 g/mol. The summed E-state index contributed by atoms with van der Waals surface area (Å²) in [4.78, 5) is 26.2.